The normalized spacial score (nSPS) is 12.0. The number of para-hydroxylation sites is 2. The third-order valence-electron chi connectivity index (χ3n) is 4.61. The Morgan fingerprint density at radius 1 is 0.852 bits per heavy atom. The second-order valence-corrected chi connectivity index (χ2v) is 6.32. The third-order valence-corrected chi connectivity index (χ3v) is 4.61. The number of pyridine rings is 1. The van der Waals surface area contributed by atoms with Gasteiger partial charge in [0.25, 0.3) is 0 Å². The van der Waals surface area contributed by atoms with E-state index < -0.39 is 0 Å². The highest BCUT2D eigenvalue weighted by Gasteiger charge is 2.25. The molecule has 5 rings (SSSR count). The van der Waals surface area contributed by atoms with E-state index >= 15 is 0 Å². The summed E-state index contributed by atoms with van der Waals surface area (Å²) in [6.07, 6.45) is 4.16. The maximum absolute atomic E-state index is 10.3. The van der Waals surface area contributed by atoms with Crippen molar-refractivity contribution in [1.82, 2.24) is 15.0 Å². The van der Waals surface area contributed by atoms with Crippen LogP contribution in [0.5, 0.6) is 17.4 Å². The van der Waals surface area contributed by atoms with Crippen molar-refractivity contribution in [2.45, 2.75) is 6.42 Å². The van der Waals surface area contributed by atoms with Gasteiger partial charge in [0.2, 0.25) is 5.88 Å². The summed E-state index contributed by atoms with van der Waals surface area (Å²) in [7, 11) is 0. The van der Waals surface area contributed by atoms with Crippen LogP contribution >= 0.6 is 0 Å². The van der Waals surface area contributed by atoms with Gasteiger partial charge in [-0.15, -0.1) is 0 Å². The Morgan fingerprint density at radius 2 is 1.63 bits per heavy atom. The summed E-state index contributed by atoms with van der Waals surface area (Å²) < 4.78 is 6.09. The minimum atomic E-state index is 0.134. The molecule has 5 heteroatoms. The van der Waals surface area contributed by atoms with Crippen molar-refractivity contribution >= 4 is 0 Å². The number of fused-ring (bicyclic) bond motifs is 2. The number of ether oxygens (including phenoxy) is 1. The van der Waals surface area contributed by atoms with Crippen LogP contribution in [-0.4, -0.2) is 20.1 Å². The molecule has 0 fully saturated rings. The molecule has 0 spiro atoms. The first-order valence-corrected chi connectivity index (χ1v) is 8.65. The molecule has 1 aliphatic rings. The van der Waals surface area contributed by atoms with E-state index in [0.717, 1.165) is 28.1 Å². The van der Waals surface area contributed by atoms with Crippen molar-refractivity contribution in [1.29, 1.82) is 0 Å². The summed E-state index contributed by atoms with van der Waals surface area (Å²) in [4.78, 5) is 13.5. The summed E-state index contributed by atoms with van der Waals surface area (Å²) in [6, 6.07) is 18.8. The molecule has 0 saturated carbocycles. The minimum absolute atomic E-state index is 0.134. The summed E-state index contributed by atoms with van der Waals surface area (Å²) in [5.41, 5.74) is 4.31. The van der Waals surface area contributed by atoms with Gasteiger partial charge in [0, 0.05) is 29.9 Å². The van der Waals surface area contributed by atoms with Gasteiger partial charge < -0.3 is 9.84 Å². The topological polar surface area (TPSA) is 68.1 Å². The van der Waals surface area contributed by atoms with Crippen LogP contribution in [0.3, 0.4) is 0 Å². The number of benzene rings is 2. The molecule has 0 aliphatic carbocycles. The second kappa shape index (κ2) is 6.21. The van der Waals surface area contributed by atoms with Gasteiger partial charge in [0.15, 0.2) is 5.82 Å². The Balaban J connectivity index is 1.75. The van der Waals surface area contributed by atoms with Gasteiger partial charge in [-0.3, -0.25) is 4.98 Å². The van der Waals surface area contributed by atoms with E-state index in [1.807, 2.05) is 42.5 Å². The fourth-order valence-electron chi connectivity index (χ4n) is 3.28. The predicted molar refractivity (Wildman–Crippen MR) is 102 cm³/mol. The molecule has 0 saturated heterocycles. The highest BCUT2D eigenvalue weighted by Crippen LogP contribution is 2.41. The van der Waals surface area contributed by atoms with Crippen LogP contribution in [0.2, 0.25) is 0 Å². The Morgan fingerprint density at radius 3 is 2.48 bits per heavy atom. The van der Waals surface area contributed by atoms with E-state index in [2.05, 4.69) is 9.97 Å². The lowest BCUT2D eigenvalue weighted by Crippen LogP contribution is -2.09. The Kier molecular flexibility index (Phi) is 3.57. The fraction of sp³-hybridized carbons (Fsp3) is 0.0455. The summed E-state index contributed by atoms with van der Waals surface area (Å²) in [5.74, 6) is 1.88. The molecular weight excluding hydrogens is 338 g/mol. The lowest BCUT2D eigenvalue weighted by atomic mass is 9.98. The largest absolute Gasteiger partial charge is 0.507 e. The van der Waals surface area contributed by atoms with Crippen LogP contribution in [-0.2, 0) is 6.42 Å². The molecule has 0 atom stereocenters. The number of aromatic hydroxyl groups is 1. The molecule has 3 heterocycles. The quantitative estimate of drug-likeness (QED) is 0.502. The second-order valence-electron chi connectivity index (χ2n) is 6.32. The van der Waals surface area contributed by atoms with Crippen molar-refractivity contribution in [3.8, 4) is 40.0 Å². The zero-order valence-corrected chi connectivity index (χ0v) is 14.3. The molecule has 2 aromatic carbocycles. The molecule has 5 nitrogen and oxygen atoms in total. The first-order valence-electron chi connectivity index (χ1n) is 8.65. The standard InChI is InChI=1S/C22H15N3O2/c26-18-7-3-2-6-16(18)21-24-20(14-9-11-23-12-10-14)17-13-15-5-1-4-8-19(15)27-22(17)25-21/h1-12,26H,13H2. The monoisotopic (exact) mass is 353 g/mol. The van der Waals surface area contributed by atoms with Crippen LogP contribution in [0.1, 0.15) is 11.1 Å². The molecular formula is C22H15N3O2. The van der Waals surface area contributed by atoms with Crippen molar-refractivity contribution in [3.05, 3.63) is 84.2 Å². The van der Waals surface area contributed by atoms with Crippen molar-refractivity contribution < 1.29 is 9.84 Å². The zero-order valence-electron chi connectivity index (χ0n) is 14.3. The van der Waals surface area contributed by atoms with Gasteiger partial charge in [-0.1, -0.05) is 30.3 Å². The van der Waals surface area contributed by atoms with Gasteiger partial charge in [0.05, 0.1) is 11.3 Å². The number of hydrogen-bond acceptors (Lipinski definition) is 5. The zero-order chi connectivity index (χ0) is 18.2. The van der Waals surface area contributed by atoms with Crippen molar-refractivity contribution in [2.24, 2.45) is 0 Å². The molecule has 0 radical (unpaired) electrons. The summed E-state index contributed by atoms with van der Waals surface area (Å²) in [5, 5.41) is 10.3. The number of nitrogens with zero attached hydrogens (tertiary/aromatic N) is 3. The highest BCUT2D eigenvalue weighted by molar-refractivity contribution is 5.72. The number of hydrogen-bond donors (Lipinski definition) is 1. The molecule has 1 aliphatic heterocycles. The molecule has 4 aromatic rings. The first kappa shape index (κ1) is 15.5. The smallest absolute Gasteiger partial charge is 0.227 e. The summed E-state index contributed by atoms with van der Waals surface area (Å²) >= 11 is 0. The number of rotatable bonds is 2. The van der Waals surface area contributed by atoms with Gasteiger partial charge >= 0.3 is 0 Å². The highest BCUT2D eigenvalue weighted by atomic mass is 16.5. The number of phenols is 1. The van der Waals surface area contributed by atoms with E-state index in [0.29, 0.717) is 23.7 Å². The lowest BCUT2D eigenvalue weighted by Gasteiger charge is -2.22. The predicted octanol–water partition coefficient (Wildman–Crippen LogP) is 4.61. The number of aromatic nitrogens is 3. The molecule has 0 amide bonds. The van der Waals surface area contributed by atoms with Crippen LogP contribution in [0, 0.1) is 0 Å². The fourth-order valence-corrected chi connectivity index (χ4v) is 3.28. The van der Waals surface area contributed by atoms with Gasteiger partial charge in [-0.05, 0) is 35.9 Å². The van der Waals surface area contributed by atoms with Gasteiger partial charge in [-0.25, -0.2) is 4.98 Å². The first-order chi connectivity index (χ1) is 13.3. The van der Waals surface area contributed by atoms with Crippen LogP contribution in [0.4, 0.5) is 0 Å². The molecule has 130 valence electrons. The maximum Gasteiger partial charge on any atom is 0.227 e. The van der Waals surface area contributed by atoms with Crippen molar-refractivity contribution in [2.75, 3.05) is 0 Å². The van der Waals surface area contributed by atoms with Crippen LogP contribution in [0.25, 0.3) is 22.6 Å². The van der Waals surface area contributed by atoms with E-state index in [-0.39, 0.29) is 5.75 Å². The molecule has 27 heavy (non-hydrogen) atoms. The molecule has 0 unspecified atom stereocenters. The summed E-state index contributed by atoms with van der Waals surface area (Å²) in [6.45, 7) is 0. The molecule has 0 bridgehead atoms. The van der Waals surface area contributed by atoms with E-state index in [9.17, 15) is 5.11 Å². The Hall–Kier alpha value is -3.73. The van der Waals surface area contributed by atoms with Crippen molar-refractivity contribution in [3.63, 3.8) is 0 Å². The maximum atomic E-state index is 10.3. The Labute approximate surface area is 156 Å². The van der Waals surface area contributed by atoms with Gasteiger partial charge in [0.1, 0.15) is 11.5 Å². The molecule has 2 aromatic heterocycles. The van der Waals surface area contributed by atoms with Crippen LogP contribution in [0.15, 0.2) is 73.1 Å². The van der Waals surface area contributed by atoms with E-state index in [1.165, 1.54) is 0 Å². The van der Waals surface area contributed by atoms with E-state index in [4.69, 9.17) is 9.72 Å². The van der Waals surface area contributed by atoms with E-state index in [1.54, 1.807) is 30.6 Å². The SMILES string of the molecule is Oc1ccccc1-c1nc2c(c(-c3ccncc3)n1)Cc1ccccc1O2. The Bertz CT molecular complexity index is 1140. The average molecular weight is 353 g/mol. The number of phenolic OH excluding ortho intramolecular Hbond substituents is 1. The van der Waals surface area contributed by atoms with Gasteiger partial charge in [-0.2, -0.15) is 4.98 Å². The van der Waals surface area contributed by atoms with Crippen LogP contribution < -0.4 is 4.74 Å². The third kappa shape index (κ3) is 2.69. The average Bonchev–Trinajstić information content (AvgIpc) is 2.72. The molecule has 1 N–H and O–H groups in total. The minimum Gasteiger partial charge on any atom is -0.507 e. The lowest BCUT2D eigenvalue weighted by molar-refractivity contribution is 0.440.